The van der Waals surface area contributed by atoms with Crippen molar-refractivity contribution in [3.8, 4) is 0 Å². The zero-order valence-corrected chi connectivity index (χ0v) is 13.6. The van der Waals surface area contributed by atoms with Crippen LogP contribution in [0.3, 0.4) is 0 Å². The SMILES string of the molecule is Cc1nc(Cc2ccccc2)sc1C(=O)NC1CCNCC1. The molecule has 1 amide bonds. The van der Waals surface area contributed by atoms with Crippen molar-refractivity contribution in [3.63, 3.8) is 0 Å². The Kier molecular flexibility index (Phi) is 4.85. The third-order valence-corrected chi connectivity index (χ3v) is 5.08. The van der Waals surface area contributed by atoms with E-state index in [0.29, 0.717) is 0 Å². The molecule has 0 unspecified atom stereocenters. The van der Waals surface area contributed by atoms with E-state index in [2.05, 4.69) is 27.8 Å². The Morgan fingerprint density at radius 3 is 2.77 bits per heavy atom. The molecule has 22 heavy (non-hydrogen) atoms. The first-order chi connectivity index (χ1) is 10.7. The van der Waals surface area contributed by atoms with Gasteiger partial charge in [0.15, 0.2) is 0 Å². The van der Waals surface area contributed by atoms with Crippen molar-refractivity contribution in [2.24, 2.45) is 0 Å². The van der Waals surface area contributed by atoms with Crippen molar-refractivity contribution in [2.75, 3.05) is 13.1 Å². The molecule has 1 aromatic heterocycles. The number of rotatable bonds is 4. The van der Waals surface area contributed by atoms with Crippen molar-refractivity contribution in [1.29, 1.82) is 0 Å². The lowest BCUT2D eigenvalue weighted by atomic mass is 10.1. The number of aromatic nitrogens is 1. The van der Waals surface area contributed by atoms with Crippen LogP contribution in [0.25, 0.3) is 0 Å². The molecule has 0 bridgehead atoms. The van der Waals surface area contributed by atoms with E-state index in [0.717, 1.165) is 47.9 Å². The van der Waals surface area contributed by atoms with Crippen molar-refractivity contribution in [1.82, 2.24) is 15.6 Å². The van der Waals surface area contributed by atoms with E-state index in [1.807, 2.05) is 25.1 Å². The molecule has 1 aliphatic heterocycles. The number of nitrogens with zero attached hydrogens (tertiary/aromatic N) is 1. The third-order valence-electron chi connectivity index (χ3n) is 3.92. The summed E-state index contributed by atoms with van der Waals surface area (Å²) in [7, 11) is 0. The van der Waals surface area contributed by atoms with Gasteiger partial charge in [0.1, 0.15) is 4.88 Å². The highest BCUT2D eigenvalue weighted by Crippen LogP contribution is 2.21. The number of carbonyl (C=O) groups is 1. The Labute approximate surface area is 135 Å². The van der Waals surface area contributed by atoms with Gasteiger partial charge >= 0.3 is 0 Å². The molecule has 0 aliphatic carbocycles. The number of amides is 1. The summed E-state index contributed by atoms with van der Waals surface area (Å²) in [6.45, 7) is 3.88. The van der Waals surface area contributed by atoms with Crippen LogP contribution in [0.1, 0.15) is 38.8 Å². The molecule has 2 N–H and O–H groups in total. The Morgan fingerprint density at radius 2 is 2.05 bits per heavy atom. The number of hydrogen-bond donors (Lipinski definition) is 2. The van der Waals surface area contributed by atoms with E-state index in [-0.39, 0.29) is 11.9 Å². The molecule has 3 rings (SSSR count). The molecule has 116 valence electrons. The summed E-state index contributed by atoms with van der Waals surface area (Å²) in [5.74, 6) is 0.0289. The minimum absolute atomic E-state index is 0.0289. The lowest BCUT2D eigenvalue weighted by molar-refractivity contribution is 0.0933. The van der Waals surface area contributed by atoms with E-state index < -0.39 is 0 Å². The number of nitrogens with one attached hydrogen (secondary N) is 2. The molecule has 0 radical (unpaired) electrons. The minimum Gasteiger partial charge on any atom is -0.348 e. The van der Waals surface area contributed by atoms with E-state index in [1.54, 1.807) is 0 Å². The van der Waals surface area contributed by atoms with E-state index in [4.69, 9.17) is 0 Å². The molecule has 1 aromatic carbocycles. The molecular formula is C17H21N3OS. The monoisotopic (exact) mass is 315 g/mol. The van der Waals surface area contributed by atoms with Gasteiger partial charge in [0.25, 0.3) is 5.91 Å². The molecule has 0 spiro atoms. The van der Waals surface area contributed by atoms with Crippen LogP contribution < -0.4 is 10.6 Å². The first-order valence-electron chi connectivity index (χ1n) is 7.74. The van der Waals surface area contributed by atoms with Crippen molar-refractivity contribution >= 4 is 17.2 Å². The van der Waals surface area contributed by atoms with Crippen LogP contribution in [-0.2, 0) is 6.42 Å². The van der Waals surface area contributed by atoms with Crippen LogP contribution in [-0.4, -0.2) is 30.0 Å². The quantitative estimate of drug-likeness (QED) is 0.911. The predicted octanol–water partition coefficient (Wildman–Crippen LogP) is 2.52. The number of piperidine rings is 1. The van der Waals surface area contributed by atoms with E-state index >= 15 is 0 Å². The molecule has 2 aromatic rings. The van der Waals surface area contributed by atoms with Gasteiger partial charge in [-0.1, -0.05) is 30.3 Å². The Balaban J connectivity index is 1.67. The number of hydrogen-bond acceptors (Lipinski definition) is 4. The summed E-state index contributed by atoms with van der Waals surface area (Å²) in [4.78, 5) is 17.8. The number of carbonyl (C=O) groups excluding carboxylic acids is 1. The Bertz CT molecular complexity index is 633. The first-order valence-corrected chi connectivity index (χ1v) is 8.56. The van der Waals surface area contributed by atoms with Gasteiger partial charge in [-0.25, -0.2) is 4.98 Å². The van der Waals surface area contributed by atoms with Gasteiger partial charge in [-0.05, 0) is 38.4 Å². The second-order valence-corrected chi connectivity index (χ2v) is 6.77. The fraction of sp³-hybridized carbons (Fsp3) is 0.412. The number of thiazole rings is 1. The average Bonchev–Trinajstić information content (AvgIpc) is 2.90. The minimum atomic E-state index is 0.0289. The second-order valence-electron chi connectivity index (χ2n) is 5.68. The summed E-state index contributed by atoms with van der Waals surface area (Å²) in [5, 5.41) is 7.45. The Morgan fingerprint density at radius 1 is 1.32 bits per heavy atom. The van der Waals surface area contributed by atoms with Gasteiger partial charge in [-0.15, -0.1) is 11.3 Å². The Hall–Kier alpha value is -1.72. The number of benzene rings is 1. The van der Waals surface area contributed by atoms with Crippen molar-refractivity contribution in [2.45, 2.75) is 32.2 Å². The predicted molar refractivity (Wildman–Crippen MR) is 89.5 cm³/mol. The molecule has 0 atom stereocenters. The lowest BCUT2D eigenvalue weighted by Crippen LogP contribution is -2.42. The average molecular weight is 315 g/mol. The summed E-state index contributed by atoms with van der Waals surface area (Å²) in [6, 6.07) is 10.5. The van der Waals surface area contributed by atoms with Crippen LogP contribution in [0.5, 0.6) is 0 Å². The van der Waals surface area contributed by atoms with E-state index in [9.17, 15) is 4.79 Å². The topological polar surface area (TPSA) is 54.0 Å². The van der Waals surface area contributed by atoms with Gasteiger partial charge in [0, 0.05) is 12.5 Å². The molecule has 0 saturated carbocycles. The van der Waals surface area contributed by atoms with Gasteiger partial charge in [0.2, 0.25) is 0 Å². The van der Waals surface area contributed by atoms with Gasteiger partial charge in [-0.3, -0.25) is 4.79 Å². The standard InChI is InChI=1S/C17H21N3OS/c1-12-16(17(21)20-14-7-9-18-10-8-14)22-15(19-12)11-13-5-3-2-4-6-13/h2-6,14,18H,7-11H2,1H3,(H,20,21). The van der Waals surface area contributed by atoms with Gasteiger partial charge < -0.3 is 10.6 Å². The second kappa shape index (κ2) is 7.03. The molecule has 1 fully saturated rings. The molecule has 4 nitrogen and oxygen atoms in total. The zero-order valence-electron chi connectivity index (χ0n) is 12.8. The summed E-state index contributed by atoms with van der Waals surface area (Å²) in [6.07, 6.45) is 2.79. The van der Waals surface area contributed by atoms with E-state index in [1.165, 1.54) is 16.9 Å². The van der Waals surface area contributed by atoms with Crippen LogP contribution in [0.2, 0.25) is 0 Å². The summed E-state index contributed by atoms with van der Waals surface area (Å²) < 4.78 is 0. The lowest BCUT2D eigenvalue weighted by Gasteiger charge is -2.23. The highest BCUT2D eigenvalue weighted by molar-refractivity contribution is 7.13. The van der Waals surface area contributed by atoms with Crippen LogP contribution in [0, 0.1) is 6.92 Å². The number of aryl methyl sites for hydroxylation is 1. The largest absolute Gasteiger partial charge is 0.348 e. The first kappa shape index (κ1) is 15.2. The molecular weight excluding hydrogens is 294 g/mol. The highest BCUT2D eigenvalue weighted by atomic mass is 32.1. The van der Waals surface area contributed by atoms with Gasteiger partial charge in [0.05, 0.1) is 10.7 Å². The fourth-order valence-corrected chi connectivity index (χ4v) is 3.73. The summed E-state index contributed by atoms with van der Waals surface area (Å²) in [5.41, 5.74) is 2.06. The summed E-state index contributed by atoms with van der Waals surface area (Å²) >= 11 is 1.51. The van der Waals surface area contributed by atoms with Crippen LogP contribution in [0.15, 0.2) is 30.3 Å². The maximum atomic E-state index is 12.4. The van der Waals surface area contributed by atoms with Crippen LogP contribution in [0.4, 0.5) is 0 Å². The highest BCUT2D eigenvalue weighted by Gasteiger charge is 2.20. The van der Waals surface area contributed by atoms with Gasteiger partial charge in [-0.2, -0.15) is 0 Å². The third kappa shape index (κ3) is 3.72. The normalized spacial score (nSPS) is 15.7. The molecule has 1 saturated heterocycles. The molecule has 1 aliphatic rings. The zero-order chi connectivity index (χ0) is 15.4. The van der Waals surface area contributed by atoms with Crippen molar-refractivity contribution in [3.05, 3.63) is 51.5 Å². The molecule has 5 heteroatoms. The van der Waals surface area contributed by atoms with Crippen molar-refractivity contribution < 1.29 is 4.79 Å². The van der Waals surface area contributed by atoms with Crippen LogP contribution >= 0.6 is 11.3 Å². The smallest absolute Gasteiger partial charge is 0.263 e. The molecule has 2 heterocycles. The fourth-order valence-electron chi connectivity index (χ4n) is 2.73. The maximum absolute atomic E-state index is 12.4. The maximum Gasteiger partial charge on any atom is 0.263 e.